The van der Waals surface area contributed by atoms with Gasteiger partial charge in [-0.15, -0.1) is 0 Å². The van der Waals surface area contributed by atoms with Crippen LogP contribution in [0.2, 0.25) is 0 Å². The summed E-state index contributed by atoms with van der Waals surface area (Å²) in [6, 6.07) is 16.5. The number of piperazine rings is 1. The molecule has 2 aromatic carbocycles. The van der Waals surface area contributed by atoms with Crippen LogP contribution in [0.3, 0.4) is 0 Å². The second-order valence-corrected chi connectivity index (χ2v) is 6.26. The van der Waals surface area contributed by atoms with Gasteiger partial charge in [-0.05, 0) is 17.7 Å². The molecule has 1 heterocycles. The first-order valence-corrected chi connectivity index (χ1v) is 8.70. The maximum Gasteiger partial charge on any atom is 0.336 e. The Bertz CT molecular complexity index is 794. The van der Waals surface area contributed by atoms with Crippen molar-refractivity contribution in [2.45, 2.75) is 0 Å². The van der Waals surface area contributed by atoms with Crippen LogP contribution in [0.5, 0.6) is 0 Å². The molecule has 0 unspecified atom stereocenters. The standard InChI is InChI=1S/C21H22N2O3/c24-20(18-10-4-5-11-19(18)21(25)26)23-15-13-22(14-16-23)12-6-9-17-7-2-1-3-8-17/h1-11H,12-16H2,(H,25,26). The summed E-state index contributed by atoms with van der Waals surface area (Å²) in [7, 11) is 0. The third-order valence-corrected chi connectivity index (χ3v) is 4.52. The van der Waals surface area contributed by atoms with Gasteiger partial charge in [-0.2, -0.15) is 0 Å². The highest BCUT2D eigenvalue weighted by Gasteiger charge is 2.24. The number of carbonyl (C=O) groups is 2. The van der Waals surface area contributed by atoms with Gasteiger partial charge in [0.05, 0.1) is 11.1 Å². The minimum atomic E-state index is -1.07. The lowest BCUT2D eigenvalue weighted by Crippen LogP contribution is -2.48. The summed E-state index contributed by atoms with van der Waals surface area (Å²) in [5.41, 5.74) is 1.50. The third kappa shape index (κ3) is 4.37. The fourth-order valence-electron chi connectivity index (χ4n) is 3.06. The van der Waals surface area contributed by atoms with Crippen molar-refractivity contribution < 1.29 is 14.7 Å². The van der Waals surface area contributed by atoms with Crippen LogP contribution in [0.25, 0.3) is 6.08 Å². The van der Waals surface area contributed by atoms with Crippen LogP contribution in [0.1, 0.15) is 26.3 Å². The van der Waals surface area contributed by atoms with Crippen LogP contribution in [-0.4, -0.2) is 59.5 Å². The second-order valence-electron chi connectivity index (χ2n) is 6.26. The van der Waals surface area contributed by atoms with Crippen molar-refractivity contribution in [1.29, 1.82) is 0 Å². The van der Waals surface area contributed by atoms with Gasteiger partial charge < -0.3 is 10.0 Å². The Kier molecular flexibility index (Phi) is 5.81. The summed E-state index contributed by atoms with van der Waals surface area (Å²) < 4.78 is 0. The molecule has 1 fully saturated rings. The highest BCUT2D eigenvalue weighted by Crippen LogP contribution is 2.14. The molecule has 2 aromatic rings. The molecule has 134 valence electrons. The van der Waals surface area contributed by atoms with E-state index in [9.17, 15) is 14.7 Å². The number of hydrogen-bond acceptors (Lipinski definition) is 3. The smallest absolute Gasteiger partial charge is 0.336 e. The molecule has 0 bridgehead atoms. The first-order chi connectivity index (χ1) is 12.6. The summed E-state index contributed by atoms with van der Waals surface area (Å²) in [6.07, 6.45) is 4.23. The van der Waals surface area contributed by atoms with Gasteiger partial charge in [-0.3, -0.25) is 9.69 Å². The van der Waals surface area contributed by atoms with Gasteiger partial charge in [0, 0.05) is 32.7 Å². The molecule has 1 aliphatic heterocycles. The van der Waals surface area contributed by atoms with E-state index in [-0.39, 0.29) is 17.0 Å². The number of carboxylic acids is 1. The molecule has 0 aliphatic carbocycles. The van der Waals surface area contributed by atoms with E-state index in [1.807, 2.05) is 18.2 Å². The van der Waals surface area contributed by atoms with E-state index in [0.29, 0.717) is 13.1 Å². The average molecular weight is 350 g/mol. The molecule has 5 heteroatoms. The Labute approximate surface area is 153 Å². The molecule has 5 nitrogen and oxygen atoms in total. The van der Waals surface area contributed by atoms with Crippen molar-refractivity contribution in [2.24, 2.45) is 0 Å². The summed E-state index contributed by atoms with van der Waals surface area (Å²) in [5, 5.41) is 9.26. The van der Waals surface area contributed by atoms with Crippen molar-refractivity contribution in [3.05, 3.63) is 77.4 Å². The second kappa shape index (κ2) is 8.45. The molecular formula is C21H22N2O3. The number of amides is 1. The van der Waals surface area contributed by atoms with Crippen molar-refractivity contribution in [3.8, 4) is 0 Å². The fourth-order valence-corrected chi connectivity index (χ4v) is 3.06. The quantitative estimate of drug-likeness (QED) is 0.901. The molecular weight excluding hydrogens is 328 g/mol. The lowest BCUT2D eigenvalue weighted by molar-refractivity contribution is 0.0626. The minimum absolute atomic E-state index is 0.0609. The SMILES string of the molecule is O=C(O)c1ccccc1C(=O)N1CCN(CC=Cc2ccccc2)CC1. The monoisotopic (exact) mass is 350 g/mol. The largest absolute Gasteiger partial charge is 0.478 e. The summed E-state index contributed by atoms with van der Waals surface area (Å²) >= 11 is 0. The Hall–Kier alpha value is -2.92. The molecule has 1 N–H and O–H groups in total. The third-order valence-electron chi connectivity index (χ3n) is 4.52. The number of aromatic carboxylic acids is 1. The fraction of sp³-hybridized carbons (Fsp3) is 0.238. The van der Waals surface area contributed by atoms with E-state index in [1.54, 1.807) is 23.1 Å². The summed E-state index contributed by atoms with van der Waals surface area (Å²) in [5.74, 6) is -1.28. The van der Waals surface area contributed by atoms with E-state index in [2.05, 4.69) is 29.2 Å². The zero-order valence-corrected chi connectivity index (χ0v) is 14.5. The molecule has 1 saturated heterocycles. The zero-order chi connectivity index (χ0) is 18.4. The van der Waals surface area contributed by atoms with E-state index >= 15 is 0 Å². The average Bonchev–Trinajstić information content (AvgIpc) is 2.69. The molecule has 0 saturated carbocycles. The predicted octanol–water partition coefficient (Wildman–Crippen LogP) is 2.86. The van der Waals surface area contributed by atoms with Gasteiger partial charge in [0.25, 0.3) is 5.91 Å². The highest BCUT2D eigenvalue weighted by atomic mass is 16.4. The van der Waals surface area contributed by atoms with Crippen LogP contribution >= 0.6 is 0 Å². The molecule has 3 rings (SSSR count). The Morgan fingerprint density at radius 1 is 0.885 bits per heavy atom. The molecule has 1 amide bonds. The van der Waals surface area contributed by atoms with Crippen LogP contribution in [0.4, 0.5) is 0 Å². The zero-order valence-electron chi connectivity index (χ0n) is 14.5. The van der Waals surface area contributed by atoms with Gasteiger partial charge >= 0.3 is 5.97 Å². The first-order valence-electron chi connectivity index (χ1n) is 8.70. The van der Waals surface area contributed by atoms with Gasteiger partial charge in [-0.25, -0.2) is 4.79 Å². The Morgan fingerprint density at radius 3 is 2.15 bits per heavy atom. The number of benzene rings is 2. The lowest BCUT2D eigenvalue weighted by atomic mass is 10.1. The van der Waals surface area contributed by atoms with Crippen LogP contribution in [0.15, 0.2) is 60.7 Å². The van der Waals surface area contributed by atoms with E-state index in [0.717, 1.165) is 19.6 Å². The topological polar surface area (TPSA) is 60.9 Å². The molecule has 1 aliphatic rings. The van der Waals surface area contributed by atoms with E-state index in [4.69, 9.17) is 0 Å². The Morgan fingerprint density at radius 2 is 1.50 bits per heavy atom. The van der Waals surface area contributed by atoms with E-state index in [1.165, 1.54) is 11.6 Å². The van der Waals surface area contributed by atoms with Gasteiger partial charge in [0.1, 0.15) is 0 Å². The molecule has 26 heavy (non-hydrogen) atoms. The molecule has 0 atom stereocenters. The van der Waals surface area contributed by atoms with Crippen molar-refractivity contribution in [3.63, 3.8) is 0 Å². The van der Waals surface area contributed by atoms with Gasteiger partial charge in [0.15, 0.2) is 0 Å². The Balaban J connectivity index is 1.54. The van der Waals surface area contributed by atoms with Gasteiger partial charge in [0.2, 0.25) is 0 Å². The van der Waals surface area contributed by atoms with E-state index < -0.39 is 5.97 Å². The predicted molar refractivity (Wildman–Crippen MR) is 101 cm³/mol. The van der Waals surface area contributed by atoms with Crippen LogP contribution in [0, 0.1) is 0 Å². The first kappa shape index (κ1) is 17.9. The van der Waals surface area contributed by atoms with Crippen molar-refractivity contribution in [1.82, 2.24) is 9.80 Å². The summed E-state index contributed by atoms with van der Waals surface area (Å²) in [4.78, 5) is 28.0. The maximum atomic E-state index is 12.7. The van der Waals surface area contributed by atoms with Gasteiger partial charge in [-0.1, -0.05) is 54.6 Å². The van der Waals surface area contributed by atoms with Crippen LogP contribution < -0.4 is 0 Å². The molecule has 0 spiro atoms. The molecule has 0 aromatic heterocycles. The van der Waals surface area contributed by atoms with Crippen molar-refractivity contribution in [2.75, 3.05) is 32.7 Å². The number of carbonyl (C=O) groups excluding carboxylic acids is 1. The summed E-state index contributed by atoms with van der Waals surface area (Å²) in [6.45, 7) is 3.60. The number of rotatable bonds is 5. The normalized spacial score (nSPS) is 15.3. The minimum Gasteiger partial charge on any atom is -0.478 e. The van der Waals surface area contributed by atoms with Crippen LogP contribution in [-0.2, 0) is 0 Å². The lowest BCUT2D eigenvalue weighted by Gasteiger charge is -2.34. The highest BCUT2D eigenvalue weighted by molar-refractivity contribution is 6.04. The molecule has 0 radical (unpaired) electrons. The number of carboxylic acid groups (broad SMARTS) is 1. The number of hydrogen-bond donors (Lipinski definition) is 1. The van der Waals surface area contributed by atoms with Crippen molar-refractivity contribution >= 4 is 18.0 Å². The maximum absolute atomic E-state index is 12.7. The number of nitrogens with zero attached hydrogens (tertiary/aromatic N) is 2.